The van der Waals surface area contributed by atoms with Crippen LogP contribution in [0, 0.1) is 0 Å². The Bertz CT molecular complexity index is 1330. The Morgan fingerprint density at radius 3 is 1.58 bits per heavy atom. The number of nitrogens with zero attached hydrogens (tertiary/aromatic N) is 2. The monoisotopic (exact) mass is 514 g/mol. The van der Waals surface area contributed by atoms with Gasteiger partial charge in [-0.3, -0.25) is 0 Å². The molecule has 33 heavy (non-hydrogen) atoms. The molecule has 0 aliphatic carbocycles. The van der Waals surface area contributed by atoms with Gasteiger partial charge in [-0.05, 0) is 6.07 Å². The molecule has 5 rings (SSSR count). The molecule has 0 unspecified atom stereocenters. The third kappa shape index (κ3) is 3.95. The average molecular weight is 515 g/mol. The number of benzene rings is 4. The summed E-state index contributed by atoms with van der Waals surface area (Å²) in [4.78, 5) is 0. The Balaban J connectivity index is 1.91. The van der Waals surface area contributed by atoms with Gasteiger partial charge in [0.2, 0.25) is 12.1 Å². The number of hydrogen-bond acceptors (Lipinski definition) is 3. The number of halogens is 1. The quantitative estimate of drug-likeness (QED) is 0.239. The van der Waals surface area contributed by atoms with Crippen molar-refractivity contribution in [3.8, 4) is 11.6 Å². The SMILES string of the molecule is [O-]c1oc[n+](-c2ccccc2N=P(c2ccccc2)(c2ccccc2)c2ccccc2)c1Br. The van der Waals surface area contributed by atoms with E-state index >= 15 is 0 Å². The third-order valence-electron chi connectivity index (χ3n) is 5.43. The molecule has 0 amide bonds. The average Bonchev–Trinajstić information content (AvgIpc) is 3.22. The molecule has 1 aromatic heterocycles. The molecule has 0 N–H and O–H groups in total. The fourth-order valence-electron chi connectivity index (χ4n) is 3.92. The molecule has 4 nitrogen and oxygen atoms in total. The smallest absolute Gasteiger partial charge is 0.276 e. The summed E-state index contributed by atoms with van der Waals surface area (Å²) in [6, 6.07) is 39.1. The van der Waals surface area contributed by atoms with Crippen LogP contribution in [0.25, 0.3) is 5.69 Å². The molecule has 0 atom stereocenters. The number of para-hydroxylation sites is 1. The van der Waals surface area contributed by atoms with E-state index in [9.17, 15) is 5.11 Å². The molecule has 1 heterocycles. The van der Waals surface area contributed by atoms with Crippen molar-refractivity contribution in [2.24, 2.45) is 4.74 Å². The van der Waals surface area contributed by atoms with Crippen LogP contribution in [0.1, 0.15) is 0 Å². The molecule has 0 aliphatic rings. The van der Waals surface area contributed by atoms with Crippen molar-refractivity contribution < 1.29 is 14.1 Å². The second-order valence-corrected chi connectivity index (χ2v) is 11.2. The molecule has 0 aliphatic heterocycles. The van der Waals surface area contributed by atoms with E-state index in [2.05, 4.69) is 88.7 Å². The molecule has 5 aromatic rings. The lowest BCUT2D eigenvalue weighted by Gasteiger charge is -2.27. The van der Waals surface area contributed by atoms with E-state index in [0.29, 0.717) is 4.60 Å². The van der Waals surface area contributed by atoms with Gasteiger partial charge in [0, 0.05) is 37.9 Å². The summed E-state index contributed by atoms with van der Waals surface area (Å²) in [7, 11) is -2.44. The Hall–Kier alpha value is -3.40. The van der Waals surface area contributed by atoms with Crippen molar-refractivity contribution in [1.82, 2.24) is 0 Å². The van der Waals surface area contributed by atoms with Crippen molar-refractivity contribution in [3.63, 3.8) is 0 Å². The number of hydrogen-bond donors (Lipinski definition) is 0. The third-order valence-corrected chi connectivity index (χ3v) is 9.79. The van der Waals surface area contributed by atoms with E-state index in [1.165, 1.54) is 6.39 Å². The van der Waals surface area contributed by atoms with Crippen LogP contribution in [-0.4, -0.2) is 0 Å². The van der Waals surface area contributed by atoms with Gasteiger partial charge in [0.05, 0.1) is 7.05 Å². The number of oxazole rings is 1. The standard InChI is InChI=1S/C27H20BrN2O2P/c28-26-27(31)32-20-30(26)25-19-11-10-18-24(25)29-33(21-12-4-1-5-13-21,22-14-6-2-7-15-22)23-16-8-3-9-17-23/h1-20H. The summed E-state index contributed by atoms with van der Waals surface area (Å²) in [5, 5.41) is 15.5. The van der Waals surface area contributed by atoms with Crippen LogP contribution in [0.3, 0.4) is 0 Å². The fourth-order valence-corrected chi connectivity index (χ4v) is 7.83. The molecule has 0 bridgehead atoms. The Kier molecular flexibility index (Phi) is 5.99. The predicted octanol–water partition coefficient (Wildman–Crippen LogP) is 5.20. The molecule has 0 radical (unpaired) electrons. The van der Waals surface area contributed by atoms with Crippen molar-refractivity contribution in [2.45, 2.75) is 0 Å². The number of rotatable bonds is 5. The fraction of sp³-hybridized carbons (Fsp3) is 0. The molecule has 0 fully saturated rings. The minimum absolute atomic E-state index is 0.327. The minimum atomic E-state index is -2.44. The Morgan fingerprint density at radius 1 is 0.667 bits per heavy atom. The predicted molar refractivity (Wildman–Crippen MR) is 135 cm³/mol. The highest BCUT2D eigenvalue weighted by Crippen LogP contribution is 2.49. The molecule has 0 saturated carbocycles. The van der Waals surface area contributed by atoms with E-state index in [-0.39, 0.29) is 0 Å². The zero-order valence-corrected chi connectivity index (χ0v) is 20.1. The first-order valence-corrected chi connectivity index (χ1v) is 13.0. The second kappa shape index (κ2) is 9.22. The maximum atomic E-state index is 12.0. The van der Waals surface area contributed by atoms with Crippen LogP contribution in [0.15, 0.2) is 135 Å². The van der Waals surface area contributed by atoms with Crippen LogP contribution in [-0.2, 0) is 0 Å². The molecule has 162 valence electrons. The van der Waals surface area contributed by atoms with E-state index < -0.39 is 13.0 Å². The van der Waals surface area contributed by atoms with Crippen molar-refractivity contribution >= 4 is 44.6 Å². The molecule has 0 spiro atoms. The first-order valence-electron chi connectivity index (χ1n) is 10.4. The largest absolute Gasteiger partial charge is 0.539 e. The summed E-state index contributed by atoms with van der Waals surface area (Å²) < 4.78 is 12.7. The van der Waals surface area contributed by atoms with Crippen molar-refractivity contribution in [1.29, 1.82) is 0 Å². The lowest BCUT2D eigenvalue weighted by Crippen LogP contribution is -2.30. The molecule has 4 aromatic carbocycles. The van der Waals surface area contributed by atoms with Crippen LogP contribution < -0.4 is 25.6 Å². The Labute approximate surface area is 201 Å². The lowest BCUT2D eigenvalue weighted by atomic mass is 10.3. The summed E-state index contributed by atoms with van der Waals surface area (Å²) >= 11 is 3.36. The molecule has 6 heteroatoms. The van der Waals surface area contributed by atoms with Gasteiger partial charge in [-0.25, -0.2) is 4.74 Å². The van der Waals surface area contributed by atoms with Gasteiger partial charge < -0.3 is 9.52 Å². The Morgan fingerprint density at radius 2 is 1.12 bits per heavy atom. The minimum Gasteiger partial charge on any atom is -0.539 e. The normalized spacial score (nSPS) is 11.3. The topological polar surface area (TPSA) is 52.4 Å². The van der Waals surface area contributed by atoms with Gasteiger partial charge in [0.15, 0.2) is 0 Å². The van der Waals surface area contributed by atoms with Crippen molar-refractivity contribution in [3.05, 3.63) is 126 Å². The summed E-state index contributed by atoms with van der Waals surface area (Å²) in [5.74, 6) is -0.431. The van der Waals surface area contributed by atoms with Gasteiger partial charge in [-0.15, -0.1) is 4.57 Å². The first kappa shape index (κ1) is 21.4. The van der Waals surface area contributed by atoms with Crippen molar-refractivity contribution in [2.75, 3.05) is 0 Å². The maximum absolute atomic E-state index is 12.0. The van der Waals surface area contributed by atoms with E-state index in [1.54, 1.807) is 4.57 Å². The highest BCUT2D eigenvalue weighted by atomic mass is 79.9. The van der Waals surface area contributed by atoms with Gasteiger partial charge in [-0.2, -0.15) is 0 Å². The van der Waals surface area contributed by atoms with Crippen LogP contribution in [0.5, 0.6) is 5.95 Å². The van der Waals surface area contributed by atoms with Gasteiger partial charge in [0.1, 0.15) is 11.6 Å². The zero-order chi connectivity index (χ0) is 22.7. The number of aromatic nitrogens is 1. The second-order valence-electron chi connectivity index (χ2n) is 7.40. The van der Waals surface area contributed by atoms with E-state index in [4.69, 9.17) is 9.16 Å². The van der Waals surface area contributed by atoms with Gasteiger partial charge in [0.25, 0.3) is 4.60 Å². The zero-order valence-electron chi connectivity index (χ0n) is 17.6. The van der Waals surface area contributed by atoms with Crippen LogP contribution in [0.4, 0.5) is 5.69 Å². The van der Waals surface area contributed by atoms with Crippen LogP contribution in [0.2, 0.25) is 0 Å². The van der Waals surface area contributed by atoms with Gasteiger partial charge in [-0.1, -0.05) is 103 Å². The molecule has 0 saturated heterocycles. The van der Waals surface area contributed by atoms with E-state index in [1.807, 2.05) is 42.5 Å². The summed E-state index contributed by atoms with van der Waals surface area (Å²) in [5.41, 5.74) is 1.54. The molecular formula is C27H20BrN2O2P. The maximum Gasteiger partial charge on any atom is 0.276 e. The van der Waals surface area contributed by atoms with Crippen LogP contribution >= 0.6 is 23.0 Å². The summed E-state index contributed by atoms with van der Waals surface area (Å²) in [6.07, 6.45) is 1.41. The highest BCUT2D eigenvalue weighted by Gasteiger charge is 2.29. The van der Waals surface area contributed by atoms with Gasteiger partial charge >= 0.3 is 0 Å². The summed E-state index contributed by atoms with van der Waals surface area (Å²) in [6.45, 7) is 0. The first-order chi connectivity index (χ1) is 16.2. The lowest BCUT2D eigenvalue weighted by molar-refractivity contribution is -0.610. The highest BCUT2D eigenvalue weighted by molar-refractivity contribution is 9.10. The van der Waals surface area contributed by atoms with E-state index in [0.717, 1.165) is 27.3 Å². The molecular weight excluding hydrogens is 495 g/mol.